The molecule has 1 aromatic carbocycles. The lowest BCUT2D eigenvalue weighted by molar-refractivity contribution is -0.144. The molecule has 0 unspecified atom stereocenters. The number of hydrogen-bond donors (Lipinski definition) is 3. The molecule has 2 aliphatic heterocycles. The maximum absolute atomic E-state index is 15.1. The van der Waals surface area contributed by atoms with Gasteiger partial charge >= 0.3 is 6.09 Å². The van der Waals surface area contributed by atoms with Gasteiger partial charge in [0.1, 0.15) is 29.5 Å². The molecule has 3 aliphatic carbocycles. The highest BCUT2D eigenvalue weighted by atomic mass is 32.2. The van der Waals surface area contributed by atoms with Gasteiger partial charge in [-0.1, -0.05) is 58.0 Å². The van der Waals surface area contributed by atoms with E-state index in [0.29, 0.717) is 49.3 Å². The number of ether oxygens (including phenoxy) is 2. The molecule has 304 valence electrons. The van der Waals surface area contributed by atoms with Crippen LogP contribution in [0.4, 0.5) is 4.79 Å². The van der Waals surface area contributed by atoms with Crippen molar-refractivity contribution in [3.05, 3.63) is 42.6 Å². The average molecular weight is 794 g/mol. The van der Waals surface area contributed by atoms with E-state index in [0.717, 1.165) is 31.1 Å². The number of amides is 4. The van der Waals surface area contributed by atoms with Gasteiger partial charge in [-0.05, 0) is 81.1 Å². The highest BCUT2D eigenvalue weighted by Crippen LogP contribution is 2.48. The zero-order valence-electron chi connectivity index (χ0n) is 32.7. The Kier molecular flexibility index (Phi) is 11.0. The molecular weight excluding hydrogens is 739 g/mol. The first-order valence-electron chi connectivity index (χ1n) is 20.2. The Hall–Kier alpha value is -4.40. The number of nitrogens with zero attached hydrogens (tertiary/aromatic N) is 3. The van der Waals surface area contributed by atoms with E-state index in [2.05, 4.69) is 21.9 Å². The first-order valence-corrected chi connectivity index (χ1v) is 21.7. The molecule has 14 nitrogen and oxygen atoms in total. The second-order valence-corrected chi connectivity index (χ2v) is 19.2. The van der Waals surface area contributed by atoms with Crippen LogP contribution in [0.25, 0.3) is 10.8 Å². The third-order valence-corrected chi connectivity index (χ3v) is 14.1. The van der Waals surface area contributed by atoms with Crippen LogP contribution >= 0.6 is 0 Å². The van der Waals surface area contributed by atoms with Crippen LogP contribution in [0.1, 0.15) is 91.9 Å². The van der Waals surface area contributed by atoms with Gasteiger partial charge in [-0.25, -0.2) is 18.2 Å². The van der Waals surface area contributed by atoms with Crippen molar-refractivity contribution < 1.29 is 42.2 Å². The number of nitrogens with one attached hydrogen (secondary N) is 2. The number of fused-ring (bicyclic) bond motifs is 3. The molecule has 7 atom stereocenters. The fraction of sp³-hybridized carbons (Fsp3) is 0.634. The van der Waals surface area contributed by atoms with Gasteiger partial charge in [0.15, 0.2) is 0 Å². The molecule has 3 N–H and O–H groups in total. The third-order valence-electron chi connectivity index (χ3n) is 12.3. The molecule has 4 amide bonds. The summed E-state index contributed by atoms with van der Waals surface area (Å²) in [6, 6.07) is 5.30. The average Bonchev–Trinajstić information content (AvgIpc) is 4.10. The Labute approximate surface area is 328 Å². The summed E-state index contributed by atoms with van der Waals surface area (Å²) in [4.78, 5) is 63.8. The molecule has 2 aromatic rings. The minimum absolute atomic E-state index is 0.0303. The molecule has 56 heavy (non-hydrogen) atoms. The highest BCUT2D eigenvalue weighted by molar-refractivity contribution is 7.91. The molecule has 0 spiro atoms. The fourth-order valence-electron chi connectivity index (χ4n) is 8.51. The molecule has 0 radical (unpaired) electrons. The Bertz CT molecular complexity index is 2000. The van der Waals surface area contributed by atoms with Crippen LogP contribution < -0.4 is 19.5 Å². The van der Waals surface area contributed by atoms with Gasteiger partial charge in [0.2, 0.25) is 27.7 Å². The molecule has 4 fully saturated rings. The van der Waals surface area contributed by atoms with Crippen molar-refractivity contribution in [3.63, 3.8) is 0 Å². The van der Waals surface area contributed by atoms with E-state index in [1.807, 2.05) is 57.2 Å². The van der Waals surface area contributed by atoms with Gasteiger partial charge in [-0.2, -0.15) is 0 Å². The number of pyridine rings is 1. The van der Waals surface area contributed by atoms with Crippen LogP contribution in [0.15, 0.2) is 42.6 Å². The summed E-state index contributed by atoms with van der Waals surface area (Å²) in [5, 5.41) is 14.4. The van der Waals surface area contributed by atoms with Gasteiger partial charge < -0.3 is 24.8 Å². The number of carboxylic acid groups (broad SMARTS) is 1. The molecule has 1 aromatic heterocycles. The number of carbonyl (C=O) groups is 4. The van der Waals surface area contributed by atoms with Gasteiger partial charge in [0, 0.05) is 29.7 Å². The molecule has 0 bridgehead atoms. The molecule has 1 saturated heterocycles. The quantitative estimate of drug-likeness (QED) is 0.261. The van der Waals surface area contributed by atoms with Gasteiger partial charge in [-0.15, -0.1) is 0 Å². The van der Waals surface area contributed by atoms with E-state index in [1.54, 1.807) is 6.20 Å². The number of carbonyl (C=O) groups excluding carboxylic acids is 3. The van der Waals surface area contributed by atoms with Crippen molar-refractivity contribution in [1.29, 1.82) is 0 Å². The second-order valence-electron chi connectivity index (χ2n) is 17.2. The monoisotopic (exact) mass is 793 g/mol. The Morgan fingerprint density at radius 2 is 1.84 bits per heavy atom. The van der Waals surface area contributed by atoms with Gasteiger partial charge in [-0.3, -0.25) is 24.0 Å². The summed E-state index contributed by atoms with van der Waals surface area (Å²) in [6.07, 6.45) is 9.19. The number of rotatable bonds is 11. The Morgan fingerprint density at radius 3 is 2.52 bits per heavy atom. The minimum atomic E-state index is -3.91. The normalized spacial score (nSPS) is 30.2. The van der Waals surface area contributed by atoms with Crippen molar-refractivity contribution in [2.45, 2.75) is 121 Å². The number of aromatic nitrogens is 1. The molecular formula is C41H55N5O9S. The van der Waals surface area contributed by atoms with Crippen molar-refractivity contribution >= 4 is 44.6 Å². The summed E-state index contributed by atoms with van der Waals surface area (Å²) in [6.45, 7) is 8.68. The largest absolute Gasteiger partial charge is 0.491 e. The number of allylic oxidation sites excluding steroid dienone is 1. The molecule has 5 aliphatic rings. The van der Waals surface area contributed by atoms with Crippen LogP contribution in [0, 0.1) is 23.2 Å². The topological polar surface area (TPSA) is 185 Å². The lowest BCUT2D eigenvalue weighted by Crippen LogP contribution is -2.60. The van der Waals surface area contributed by atoms with Crippen LogP contribution in [0.5, 0.6) is 11.6 Å². The van der Waals surface area contributed by atoms with Crippen molar-refractivity contribution in [2.75, 3.05) is 19.7 Å². The smallest absolute Gasteiger partial charge is 0.408 e. The lowest BCUT2D eigenvalue weighted by atomic mass is 9.86. The van der Waals surface area contributed by atoms with Crippen LogP contribution in [-0.2, 0) is 24.4 Å². The van der Waals surface area contributed by atoms with E-state index < -0.39 is 68.7 Å². The summed E-state index contributed by atoms with van der Waals surface area (Å²) in [5.74, 6) is -1.73. The fourth-order valence-corrected chi connectivity index (χ4v) is 9.87. The zero-order chi connectivity index (χ0) is 40.0. The second kappa shape index (κ2) is 15.5. The molecule has 3 heterocycles. The lowest BCUT2D eigenvalue weighted by Gasteiger charge is -2.38. The zero-order valence-corrected chi connectivity index (χ0v) is 33.6. The van der Waals surface area contributed by atoms with E-state index in [-0.39, 0.29) is 43.2 Å². The van der Waals surface area contributed by atoms with E-state index in [1.165, 1.54) is 9.80 Å². The minimum Gasteiger partial charge on any atom is -0.491 e. The van der Waals surface area contributed by atoms with Gasteiger partial charge in [0.05, 0.1) is 24.6 Å². The summed E-state index contributed by atoms with van der Waals surface area (Å²) < 4.78 is 40.6. The first-order chi connectivity index (χ1) is 26.6. The first kappa shape index (κ1) is 39.8. The van der Waals surface area contributed by atoms with E-state index in [4.69, 9.17) is 9.47 Å². The highest BCUT2D eigenvalue weighted by Gasteiger charge is 2.62. The maximum atomic E-state index is 15.1. The summed E-state index contributed by atoms with van der Waals surface area (Å²) >= 11 is 0. The summed E-state index contributed by atoms with van der Waals surface area (Å²) in [5.41, 5.74) is -1.76. The predicted octanol–water partition coefficient (Wildman–Crippen LogP) is 5.02. The van der Waals surface area contributed by atoms with Gasteiger partial charge in [0.25, 0.3) is 5.91 Å². The van der Waals surface area contributed by atoms with Crippen molar-refractivity contribution in [2.24, 2.45) is 23.2 Å². The Morgan fingerprint density at radius 1 is 1.11 bits per heavy atom. The maximum Gasteiger partial charge on any atom is 0.408 e. The van der Waals surface area contributed by atoms with E-state index >= 15 is 4.79 Å². The summed E-state index contributed by atoms with van der Waals surface area (Å²) in [7, 11) is -3.91. The number of benzene rings is 1. The molecule has 15 heteroatoms. The van der Waals surface area contributed by atoms with Crippen LogP contribution in [-0.4, -0.2) is 101 Å². The Balaban J connectivity index is 1.25. The van der Waals surface area contributed by atoms with Crippen LogP contribution in [0.2, 0.25) is 0 Å². The number of hydrogen-bond acceptors (Lipinski definition) is 9. The SMILES string of the molecule is CCCOc1cnc(O[C@@H]2C[C@H]3C(=O)N[C@]4(C(=O)NS(=O)(=O)C5CC5)C[C@H]4C=CCC[C@@H](C)C[C@@H](C)[C@H](N(CC4(C)CC4)C(=O)O)C(=O)N3C2)c2ccccc12. The number of sulfonamides is 1. The van der Waals surface area contributed by atoms with E-state index in [9.17, 15) is 27.9 Å². The predicted molar refractivity (Wildman–Crippen MR) is 208 cm³/mol. The van der Waals surface area contributed by atoms with Crippen LogP contribution in [0.3, 0.4) is 0 Å². The molecule has 7 rings (SSSR count). The van der Waals surface area contributed by atoms with Crippen molar-refractivity contribution in [1.82, 2.24) is 24.8 Å². The third kappa shape index (κ3) is 8.33. The standard InChI is InChI=1S/C41H55N5O9S/c1-5-18-54-33-22-42-36(31-13-9-8-12-30(31)33)55-28-20-32-35(47)43-41(38(49)44-56(52,53)29-14-15-29)21-27(41)11-7-6-10-25(2)19-26(3)34(37(48)45(32)23-28)46(39(50)51)24-40(4)16-17-40/h7-9,11-13,22,25-29,32,34H,5-6,10,14-21,23-24H2,1-4H3,(H,43,47)(H,44,49)(H,50,51)/t25-,26-,27-,28-,32+,34+,41-/m1/s1. The van der Waals surface area contributed by atoms with Crippen molar-refractivity contribution in [3.8, 4) is 11.6 Å². The molecule has 3 saturated carbocycles.